The van der Waals surface area contributed by atoms with E-state index in [0.29, 0.717) is 18.8 Å². The number of aromatic nitrogens is 1. The van der Waals surface area contributed by atoms with Gasteiger partial charge in [0.15, 0.2) is 0 Å². The van der Waals surface area contributed by atoms with Gasteiger partial charge in [-0.25, -0.2) is 9.37 Å². The maximum absolute atomic E-state index is 13.0. The van der Waals surface area contributed by atoms with Gasteiger partial charge in [-0.2, -0.15) is 0 Å². The van der Waals surface area contributed by atoms with Gasteiger partial charge in [0.2, 0.25) is 0 Å². The summed E-state index contributed by atoms with van der Waals surface area (Å²) in [4.78, 5) is 6.14. The molecule has 1 atom stereocenters. The lowest BCUT2D eigenvalue weighted by Gasteiger charge is -2.24. The van der Waals surface area contributed by atoms with Gasteiger partial charge in [0.1, 0.15) is 17.2 Å². The van der Waals surface area contributed by atoms with E-state index in [2.05, 4.69) is 9.88 Å². The van der Waals surface area contributed by atoms with Gasteiger partial charge < -0.3 is 10.8 Å². The van der Waals surface area contributed by atoms with E-state index >= 15 is 0 Å². The number of pyridine rings is 1. The predicted molar refractivity (Wildman–Crippen MR) is 78.8 cm³/mol. The lowest BCUT2D eigenvalue weighted by Crippen LogP contribution is -2.30. The first-order chi connectivity index (χ1) is 10.0. The molecule has 1 aliphatic heterocycles. The molecule has 3 rings (SSSR count). The zero-order chi connectivity index (χ0) is 14.9. The minimum Gasteiger partial charge on any atom is -0.384 e. The molecule has 3 N–H and O–H groups in total. The molecule has 1 saturated heterocycles. The van der Waals surface area contributed by atoms with E-state index in [-0.39, 0.29) is 5.82 Å². The summed E-state index contributed by atoms with van der Waals surface area (Å²) in [6.07, 6.45) is 2.33. The molecule has 110 valence electrons. The van der Waals surface area contributed by atoms with Crippen LogP contribution in [0.15, 0.2) is 42.6 Å². The Morgan fingerprint density at radius 3 is 2.76 bits per heavy atom. The highest BCUT2D eigenvalue weighted by molar-refractivity contribution is 5.32. The average molecular weight is 287 g/mol. The highest BCUT2D eigenvalue weighted by Crippen LogP contribution is 2.32. The average Bonchev–Trinajstić information content (AvgIpc) is 2.82. The largest absolute Gasteiger partial charge is 0.384 e. The fourth-order valence-electron chi connectivity index (χ4n) is 2.85. The first-order valence-electron chi connectivity index (χ1n) is 6.96. The van der Waals surface area contributed by atoms with Gasteiger partial charge in [-0.15, -0.1) is 0 Å². The predicted octanol–water partition coefficient (Wildman–Crippen LogP) is 1.90. The van der Waals surface area contributed by atoms with Crippen LogP contribution in [-0.4, -0.2) is 28.1 Å². The fraction of sp³-hybridized carbons (Fsp3) is 0.312. The lowest BCUT2D eigenvalue weighted by molar-refractivity contribution is 0.0452. The van der Waals surface area contributed by atoms with Gasteiger partial charge in [0.25, 0.3) is 0 Å². The molecule has 1 aromatic carbocycles. The molecule has 0 radical (unpaired) electrons. The van der Waals surface area contributed by atoms with Crippen LogP contribution in [0.1, 0.15) is 17.5 Å². The quantitative estimate of drug-likeness (QED) is 0.905. The van der Waals surface area contributed by atoms with Gasteiger partial charge in [-0.05, 0) is 41.8 Å². The van der Waals surface area contributed by atoms with Gasteiger partial charge in [-0.1, -0.05) is 12.1 Å². The summed E-state index contributed by atoms with van der Waals surface area (Å²) in [5.41, 5.74) is 6.61. The molecule has 1 aromatic heterocycles. The number of likely N-dealkylation sites (tertiary alicyclic amines) is 1. The second-order valence-corrected chi connectivity index (χ2v) is 5.59. The number of nitrogens with two attached hydrogens (primary N) is 1. The van der Waals surface area contributed by atoms with E-state index in [1.54, 1.807) is 18.3 Å². The molecule has 1 fully saturated rings. The summed E-state index contributed by atoms with van der Waals surface area (Å²) < 4.78 is 13.0. The zero-order valence-electron chi connectivity index (χ0n) is 11.7. The highest BCUT2D eigenvalue weighted by atomic mass is 19.1. The molecule has 0 spiro atoms. The van der Waals surface area contributed by atoms with E-state index in [1.165, 1.54) is 12.1 Å². The molecule has 4 nitrogen and oxygen atoms in total. The number of nitrogens with zero attached hydrogens (tertiary/aromatic N) is 2. The summed E-state index contributed by atoms with van der Waals surface area (Å²) >= 11 is 0. The second kappa shape index (κ2) is 5.42. The van der Waals surface area contributed by atoms with Crippen LogP contribution < -0.4 is 5.73 Å². The van der Waals surface area contributed by atoms with Crippen molar-refractivity contribution in [2.75, 3.05) is 18.8 Å². The molecule has 0 amide bonds. The van der Waals surface area contributed by atoms with Crippen molar-refractivity contribution >= 4 is 5.82 Å². The Hall–Kier alpha value is -1.98. The lowest BCUT2D eigenvalue weighted by atomic mass is 9.93. The third kappa shape index (κ3) is 3.04. The normalized spacial score (nSPS) is 22.6. The summed E-state index contributed by atoms with van der Waals surface area (Å²) in [6.45, 7) is 2.03. The third-order valence-electron chi connectivity index (χ3n) is 3.96. The van der Waals surface area contributed by atoms with Crippen molar-refractivity contribution in [2.45, 2.75) is 18.6 Å². The maximum atomic E-state index is 13.0. The van der Waals surface area contributed by atoms with Gasteiger partial charge in [0.05, 0.1) is 0 Å². The summed E-state index contributed by atoms with van der Waals surface area (Å²) in [6, 6.07) is 9.85. The Morgan fingerprint density at radius 2 is 2.05 bits per heavy atom. The zero-order valence-corrected chi connectivity index (χ0v) is 11.7. The standard InChI is InChI=1S/C16H18FN3O/c17-14-3-1-13(2-4-14)16(21)6-8-20(11-16)10-12-5-7-19-15(18)9-12/h1-5,7,9,21H,6,8,10-11H2,(H2,18,19). The van der Waals surface area contributed by atoms with E-state index in [4.69, 9.17) is 5.73 Å². The molecule has 5 heteroatoms. The van der Waals surface area contributed by atoms with Crippen LogP contribution >= 0.6 is 0 Å². The van der Waals surface area contributed by atoms with Crippen molar-refractivity contribution in [2.24, 2.45) is 0 Å². The topological polar surface area (TPSA) is 62.4 Å². The molecular weight excluding hydrogens is 269 g/mol. The van der Waals surface area contributed by atoms with Crippen LogP contribution in [0.3, 0.4) is 0 Å². The molecule has 0 bridgehead atoms. The number of halogens is 1. The molecule has 1 aliphatic rings. The number of hydrogen-bond donors (Lipinski definition) is 2. The number of benzene rings is 1. The van der Waals surface area contributed by atoms with Crippen LogP contribution in [0.25, 0.3) is 0 Å². The SMILES string of the molecule is Nc1cc(CN2CCC(O)(c3ccc(F)cc3)C2)ccn1. The molecule has 0 saturated carbocycles. The Balaban J connectivity index is 1.71. The number of anilines is 1. The molecule has 2 heterocycles. The highest BCUT2D eigenvalue weighted by Gasteiger charge is 2.37. The van der Waals surface area contributed by atoms with Gasteiger partial charge >= 0.3 is 0 Å². The first-order valence-corrected chi connectivity index (χ1v) is 6.96. The minimum atomic E-state index is -0.910. The van der Waals surface area contributed by atoms with Crippen LogP contribution in [-0.2, 0) is 12.1 Å². The van der Waals surface area contributed by atoms with Crippen molar-refractivity contribution in [1.29, 1.82) is 0 Å². The summed E-state index contributed by atoms with van der Waals surface area (Å²) in [7, 11) is 0. The number of hydrogen-bond acceptors (Lipinski definition) is 4. The smallest absolute Gasteiger partial charge is 0.123 e. The Kier molecular flexibility index (Phi) is 3.61. The van der Waals surface area contributed by atoms with Gasteiger partial charge in [-0.3, -0.25) is 4.90 Å². The van der Waals surface area contributed by atoms with Crippen LogP contribution in [0.5, 0.6) is 0 Å². The number of rotatable bonds is 3. The number of β-amino-alcohol motifs (C(OH)–C–C–N with tert-alkyl or cyclic N) is 1. The van der Waals surface area contributed by atoms with Crippen molar-refractivity contribution in [1.82, 2.24) is 9.88 Å². The van der Waals surface area contributed by atoms with Gasteiger partial charge in [0, 0.05) is 25.8 Å². The minimum absolute atomic E-state index is 0.288. The molecule has 2 aromatic rings. The summed E-state index contributed by atoms with van der Waals surface area (Å²) in [5.74, 6) is 0.213. The van der Waals surface area contributed by atoms with E-state index in [1.807, 2.05) is 12.1 Å². The summed E-state index contributed by atoms with van der Waals surface area (Å²) in [5, 5.41) is 10.8. The van der Waals surface area contributed by atoms with Crippen molar-refractivity contribution in [3.8, 4) is 0 Å². The fourth-order valence-corrected chi connectivity index (χ4v) is 2.85. The van der Waals surface area contributed by atoms with E-state index in [9.17, 15) is 9.50 Å². The van der Waals surface area contributed by atoms with E-state index < -0.39 is 5.60 Å². The van der Waals surface area contributed by atoms with Crippen molar-refractivity contribution < 1.29 is 9.50 Å². The van der Waals surface area contributed by atoms with Crippen LogP contribution in [0, 0.1) is 5.82 Å². The first kappa shape index (κ1) is 14.0. The Labute approximate surface area is 123 Å². The number of nitrogen functional groups attached to an aromatic ring is 1. The van der Waals surface area contributed by atoms with Crippen LogP contribution in [0.2, 0.25) is 0 Å². The third-order valence-corrected chi connectivity index (χ3v) is 3.96. The monoisotopic (exact) mass is 287 g/mol. The Bertz CT molecular complexity index is 632. The molecule has 1 unspecified atom stereocenters. The van der Waals surface area contributed by atoms with Crippen molar-refractivity contribution in [3.63, 3.8) is 0 Å². The molecule has 0 aliphatic carbocycles. The van der Waals surface area contributed by atoms with Crippen LogP contribution in [0.4, 0.5) is 10.2 Å². The Morgan fingerprint density at radius 1 is 1.29 bits per heavy atom. The second-order valence-electron chi connectivity index (χ2n) is 5.59. The molecular formula is C16H18FN3O. The van der Waals surface area contributed by atoms with Crippen molar-refractivity contribution in [3.05, 3.63) is 59.5 Å². The number of aliphatic hydroxyl groups is 1. The molecule has 21 heavy (non-hydrogen) atoms. The maximum Gasteiger partial charge on any atom is 0.123 e. The van der Waals surface area contributed by atoms with E-state index in [0.717, 1.165) is 24.2 Å².